The molecule has 0 saturated carbocycles. The number of hydrogen-bond acceptors (Lipinski definition) is 6. The van der Waals surface area contributed by atoms with Gasteiger partial charge in [-0.2, -0.15) is 18.2 Å². The van der Waals surface area contributed by atoms with E-state index in [-0.39, 0.29) is 42.6 Å². The Labute approximate surface area is 308 Å². The van der Waals surface area contributed by atoms with E-state index in [1.54, 1.807) is 66.9 Å². The van der Waals surface area contributed by atoms with Crippen molar-refractivity contribution in [3.05, 3.63) is 135 Å². The minimum absolute atomic E-state index is 0.0770. The van der Waals surface area contributed by atoms with E-state index in [2.05, 4.69) is 10.3 Å². The van der Waals surface area contributed by atoms with E-state index in [1.165, 1.54) is 18.2 Å². The predicted octanol–water partition coefficient (Wildman–Crippen LogP) is 7.37. The van der Waals surface area contributed by atoms with Crippen LogP contribution in [0.25, 0.3) is 22.0 Å². The molecule has 2 N–H and O–H groups in total. The lowest BCUT2D eigenvalue weighted by atomic mass is 9.93. The minimum atomic E-state index is -4.47. The highest BCUT2D eigenvalue weighted by Crippen LogP contribution is 2.32. The topological polar surface area (TPSA) is 105 Å². The van der Waals surface area contributed by atoms with Crippen molar-refractivity contribution >= 4 is 22.7 Å². The molecule has 0 amide bonds. The van der Waals surface area contributed by atoms with E-state index in [4.69, 9.17) is 0 Å². The summed E-state index contributed by atoms with van der Waals surface area (Å²) in [6, 6.07) is 20.7. The number of aryl methyl sites for hydroxylation is 2. The molecule has 1 aliphatic rings. The van der Waals surface area contributed by atoms with Crippen molar-refractivity contribution in [3.8, 4) is 11.1 Å². The Bertz CT molecular complexity index is 2210. The SMILES string of the molecule is CC(C)(C(=O)O)N1CCC(NC(C(=O)Cn2c(CCc3ccc(F)cc3F)nc(=O)c3ccccc32)c2ccc(-c3ccc(C(F)(F)F)cc3)cc2)CC1. The number of alkyl halides is 3. The molecule has 6 rings (SSSR count). The molecule has 5 aromatic rings. The fourth-order valence-electron chi connectivity index (χ4n) is 6.92. The van der Waals surface area contributed by atoms with Crippen molar-refractivity contribution in [1.29, 1.82) is 0 Å². The summed E-state index contributed by atoms with van der Waals surface area (Å²) in [6.45, 7) is 4.03. The van der Waals surface area contributed by atoms with E-state index in [0.717, 1.165) is 24.3 Å². The Kier molecular flexibility index (Phi) is 11.1. The molecule has 1 saturated heterocycles. The third-order valence-electron chi connectivity index (χ3n) is 10.2. The number of benzene rings is 4. The van der Waals surface area contributed by atoms with Crippen LogP contribution in [0.3, 0.4) is 0 Å². The predicted molar refractivity (Wildman–Crippen MR) is 194 cm³/mol. The van der Waals surface area contributed by atoms with Crippen LogP contribution in [0, 0.1) is 11.6 Å². The van der Waals surface area contributed by atoms with Gasteiger partial charge in [0.2, 0.25) is 0 Å². The van der Waals surface area contributed by atoms with E-state index < -0.39 is 46.5 Å². The monoisotopic (exact) mass is 746 g/mol. The number of carbonyl (C=O) groups excluding carboxylic acids is 1. The first-order valence-electron chi connectivity index (χ1n) is 17.6. The number of rotatable bonds is 12. The zero-order chi connectivity index (χ0) is 38.8. The second-order valence-corrected chi connectivity index (χ2v) is 14.1. The number of fused-ring (bicyclic) bond motifs is 1. The zero-order valence-electron chi connectivity index (χ0n) is 29.7. The van der Waals surface area contributed by atoms with Gasteiger partial charge in [-0.1, -0.05) is 54.6 Å². The van der Waals surface area contributed by atoms with Gasteiger partial charge >= 0.3 is 12.1 Å². The van der Waals surface area contributed by atoms with Crippen LogP contribution in [0.4, 0.5) is 22.0 Å². The van der Waals surface area contributed by atoms with Crippen LogP contribution in [0.5, 0.6) is 0 Å². The molecule has 282 valence electrons. The number of ketones is 1. The summed E-state index contributed by atoms with van der Waals surface area (Å²) < 4.78 is 69.3. The standard InChI is InChI=1S/C41H39F5N4O4/c1-40(2,39(53)54)49-21-19-31(20-22-49)47-37(28-9-7-25(8-10-28)26-11-15-29(16-12-26)41(44,45)46)35(51)24-50-34-6-4-3-5-32(34)38(52)48-36(50)18-14-27-13-17-30(42)23-33(27)43/h3-13,15-17,23,31,37,47H,14,18-22,24H2,1-2H3,(H,53,54). The normalized spacial score (nSPS) is 15.0. The molecule has 1 fully saturated rings. The van der Waals surface area contributed by atoms with Crippen molar-refractivity contribution < 1.29 is 36.6 Å². The van der Waals surface area contributed by atoms with Crippen molar-refractivity contribution in [2.24, 2.45) is 0 Å². The molecule has 0 spiro atoms. The molecule has 1 aliphatic heterocycles. The summed E-state index contributed by atoms with van der Waals surface area (Å²) in [6.07, 6.45) is -3.19. The largest absolute Gasteiger partial charge is 0.480 e. The van der Waals surface area contributed by atoms with Gasteiger partial charge < -0.3 is 15.0 Å². The van der Waals surface area contributed by atoms with Crippen LogP contribution in [-0.4, -0.2) is 56.0 Å². The maximum atomic E-state index is 14.6. The lowest BCUT2D eigenvalue weighted by Crippen LogP contribution is -2.55. The second-order valence-electron chi connectivity index (χ2n) is 14.1. The van der Waals surface area contributed by atoms with E-state index in [0.29, 0.717) is 53.5 Å². The molecule has 1 unspecified atom stereocenters. The lowest BCUT2D eigenvalue weighted by Gasteiger charge is -2.41. The Balaban J connectivity index is 1.32. The van der Waals surface area contributed by atoms with Gasteiger partial charge in [0.25, 0.3) is 5.56 Å². The van der Waals surface area contributed by atoms with Gasteiger partial charge in [-0.15, -0.1) is 0 Å². The summed E-state index contributed by atoms with van der Waals surface area (Å²) in [7, 11) is 0. The van der Waals surface area contributed by atoms with Gasteiger partial charge in [0.15, 0.2) is 5.78 Å². The number of para-hydroxylation sites is 1. The highest BCUT2D eigenvalue weighted by molar-refractivity contribution is 5.87. The summed E-state index contributed by atoms with van der Waals surface area (Å²) >= 11 is 0. The van der Waals surface area contributed by atoms with Crippen molar-refractivity contribution in [3.63, 3.8) is 0 Å². The number of carboxylic acids is 1. The number of nitrogens with zero attached hydrogens (tertiary/aromatic N) is 3. The number of likely N-dealkylation sites (tertiary alicyclic amines) is 1. The first kappa shape index (κ1) is 38.5. The molecular weight excluding hydrogens is 707 g/mol. The molecule has 0 bridgehead atoms. The molecule has 0 radical (unpaired) electrons. The highest BCUT2D eigenvalue weighted by Gasteiger charge is 2.37. The molecular formula is C41H39F5N4O4. The van der Waals surface area contributed by atoms with Gasteiger partial charge in [0, 0.05) is 31.6 Å². The van der Waals surface area contributed by atoms with Crippen LogP contribution in [-0.2, 0) is 35.2 Å². The van der Waals surface area contributed by atoms with Gasteiger partial charge in [0.1, 0.15) is 23.0 Å². The maximum absolute atomic E-state index is 14.6. The molecule has 8 nitrogen and oxygen atoms in total. The summed E-state index contributed by atoms with van der Waals surface area (Å²) in [4.78, 5) is 45.7. The van der Waals surface area contributed by atoms with Gasteiger partial charge in [-0.3, -0.25) is 19.3 Å². The molecule has 13 heteroatoms. The summed E-state index contributed by atoms with van der Waals surface area (Å²) in [5.41, 5.74) is 0.149. The van der Waals surface area contributed by atoms with Crippen molar-refractivity contribution in [2.45, 2.75) is 69.9 Å². The fraction of sp³-hybridized carbons (Fsp3) is 0.317. The Hall–Kier alpha value is -5.27. The Morgan fingerprint density at radius 2 is 1.52 bits per heavy atom. The lowest BCUT2D eigenvalue weighted by molar-refractivity contribution is -0.150. The number of Topliss-reactive ketones (excluding diaryl/α,β-unsaturated/α-hetero) is 1. The maximum Gasteiger partial charge on any atom is 0.416 e. The summed E-state index contributed by atoms with van der Waals surface area (Å²) in [5, 5.41) is 13.5. The van der Waals surface area contributed by atoms with Crippen LogP contribution in [0.15, 0.2) is 95.8 Å². The molecule has 1 aromatic heterocycles. The smallest absolute Gasteiger partial charge is 0.416 e. The van der Waals surface area contributed by atoms with E-state index in [1.807, 2.05) is 4.90 Å². The molecule has 54 heavy (non-hydrogen) atoms. The number of hydrogen-bond donors (Lipinski definition) is 2. The number of carboxylic acid groups (broad SMARTS) is 1. The van der Waals surface area contributed by atoms with Crippen molar-refractivity contribution in [2.75, 3.05) is 13.1 Å². The highest BCUT2D eigenvalue weighted by atomic mass is 19.4. The summed E-state index contributed by atoms with van der Waals surface area (Å²) in [5.74, 6) is -2.42. The zero-order valence-corrected chi connectivity index (χ0v) is 29.7. The van der Waals surface area contributed by atoms with Crippen LogP contribution >= 0.6 is 0 Å². The van der Waals surface area contributed by atoms with Gasteiger partial charge in [-0.25, -0.2) is 8.78 Å². The number of aliphatic carboxylic acids is 1. The quantitative estimate of drug-likeness (QED) is 0.129. The first-order valence-corrected chi connectivity index (χ1v) is 17.6. The van der Waals surface area contributed by atoms with Crippen LogP contribution in [0.2, 0.25) is 0 Å². The average molecular weight is 747 g/mol. The average Bonchev–Trinajstić information content (AvgIpc) is 3.14. The molecule has 1 atom stereocenters. The number of aromatic nitrogens is 2. The third-order valence-corrected chi connectivity index (χ3v) is 10.2. The number of piperidine rings is 1. The molecule has 0 aliphatic carbocycles. The number of halogens is 5. The second kappa shape index (κ2) is 15.6. The van der Waals surface area contributed by atoms with Crippen molar-refractivity contribution in [1.82, 2.24) is 19.8 Å². The first-order chi connectivity index (χ1) is 25.6. The van der Waals surface area contributed by atoms with E-state index >= 15 is 0 Å². The fourth-order valence-corrected chi connectivity index (χ4v) is 6.92. The van der Waals surface area contributed by atoms with Crippen LogP contribution in [0.1, 0.15) is 55.2 Å². The third kappa shape index (κ3) is 8.42. The van der Waals surface area contributed by atoms with E-state index in [9.17, 15) is 41.4 Å². The number of nitrogens with one attached hydrogen (secondary N) is 1. The molecule has 4 aromatic carbocycles. The Morgan fingerprint density at radius 3 is 2.13 bits per heavy atom. The Morgan fingerprint density at radius 1 is 0.889 bits per heavy atom. The van der Waals surface area contributed by atoms with Gasteiger partial charge in [0.05, 0.1) is 29.1 Å². The van der Waals surface area contributed by atoms with Crippen LogP contribution < -0.4 is 10.9 Å². The van der Waals surface area contributed by atoms with Gasteiger partial charge in [-0.05, 0) is 85.7 Å². The minimum Gasteiger partial charge on any atom is -0.480 e. The molecule has 2 heterocycles. The number of carbonyl (C=O) groups is 2.